The van der Waals surface area contributed by atoms with E-state index in [1.54, 1.807) is 0 Å². The molecule has 1 fully saturated rings. The lowest BCUT2D eigenvalue weighted by atomic mass is 9.99. The summed E-state index contributed by atoms with van der Waals surface area (Å²) in [6.45, 7) is 5.49. The van der Waals surface area contributed by atoms with E-state index in [0.717, 1.165) is 36.2 Å². The molecule has 0 unspecified atom stereocenters. The van der Waals surface area contributed by atoms with Crippen LogP contribution in [0.1, 0.15) is 25.5 Å². The molecule has 1 saturated heterocycles. The van der Waals surface area contributed by atoms with E-state index in [-0.39, 0.29) is 0 Å². The van der Waals surface area contributed by atoms with Crippen molar-refractivity contribution in [2.45, 2.75) is 26.3 Å². The van der Waals surface area contributed by atoms with Crippen molar-refractivity contribution in [3.63, 3.8) is 0 Å². The van der Waals surface area contributed by atoms with Gasteiger partial charge in [0.05, 0.1) is 0 Å². The van der Waals surface area contributed by atoms with E-state index < -0.39 is 0 Å². The van der Waals surface area contributed by atoms with Crippen LogP contribution < -0.4 is 11.3 Å². The Morgan fingerprint density at radius 3 is 2.93 bits per heavy atom. The Balaban J connectivity index is 1.91. The van der Waals surface area contributed by atoms with Crippen LogP contribution in [0.15, 0.2) is 0 Å². The fourth-order valence-corrected chi connectivity index (χ4v) is 2.34. The molecule has 0 aromatic carbocycles. The number of likely N-dealkylation sites (tertiary alicyclic amines) is 1. The average molecular weight is 227 g/mol. The SMILES string of the molecule is CC1CCN(Cc2nnsc2NN)CC1. The number of nitrogens with two attached hydrogens (primary N) is 1. The zero-order chi connectivity index (χ0) is 10.7. The van der Waals surface area contributed by atoms with Crippen LogP contribution in [-0.2, 0) is 6.54 Å². The number of hydrazine groups is 1. The van der Waals surface area contributed by atoms with Gasteiger partial charge in [-0.05, 0) is 31.8 Å². The summed E-state index contributed by atoms with van der Waals surface area (Å²) in [5.74, 6) is 6.25. The molecule has 3 N–H and O–H groups in total. The summed E-state index contributed by atoms with van der Waals surface area (Å²) in [4.78, 5) is 2.41. The number of rotatable bonds is 3. The Kier molecular flexibility index (Phi) is 3.50. The molecule has 5 nitrogen and oxygen atoms in total. The van der Waals surface area contributed by atoms with E-state index in [0.29, 0.717) is 0 Å². The van der Waals surface area contributed by atoms with Crippen molar-refractivity contribution in [3.8, 4) is 0 Å². The molecular weight excluding hydrogens is 210 g/mol. The van der Waals surface area contributed by atoms with Crippen LogP contribution in [0.3, 0.4) is 0 Å². The molecule has 0 aliphatic carbocycles. The van der Waals surface area contributed by atoms with Crippen molar-refractivity contribution in [3.05, 3.63) is 5.69 Å². The molecule has 0 atom stereocenters. The normalized spacial score (nSPS) is 19.3. The highest BCUT2D eigenvalue weighted by Crippen LogP contribution is 2.21. The Labute approximate surface area is 93.8 Å². The Hall–Kier alpha value is -0.720. The lowest BCUT2D eigenvalue weighted by molar-refractivity contribution is 0.183. The van der Waals surface area contributed by atoms with Gasteiger partial charge in [0.2, 0.25) is 0 Å². The second-order valence-electron chi connectivity index (χ2n) is 4.15. The first kappa shape index (κ1) is 10.8. The molecule has 2 rings (SSSR count). The maximum absolute atomic E-state index is 5.38. The van der Waals surface area contributed by atoms with Crippen LogP contribution in [0.4, 0.5) is 5.00 Å². The van der Waals surface area contributed by atoms with Crippen molar-refractivity contribution in [2.75, 3.05) is 18.5 Å². The van der Waals surface area contributed by atoms with Gasteiger partial charge in [-0.15, -0.1) is 5.10 Å². The second kappa shape index (κ2) is 4.87. The molecule has 1 aliphatic heterocycles. The van der Waals surface area contributed by atoms with Gasteiger partial charge in [-0.3, -0.25) is 4.90 Å². The molecule has 6 heteroatoms. The van der Waals surface area contributed by atoms with Gasteiger partial charge in [-0.2, -0.15) is 0 Å². The second-order valence-corrected chi connectivity index (χ2v) is 4.91. The van der Waals surface area contributed by atoms with Crippen molar-refractivity contribution in [1.82, 2.24) is 14.5 Å². The van der Waals surface area contributed by atoms with E-state index >= 15 is 0 Å². The molecule has 0 amide bonds. The molecule has 0 bridgehead atoms. The molecular formula is C9H17N5S. The van der Waals surface area contributed by atoms with Crippen LogP contribution in [0, 0.1) is 5.92 Å². The summed E-state index contributed by atoms with van der Waals surface area (Å²) in [5.41, 5.74) is 3.61. The van der Waals surface area contributed by atoms with Crippen LogP contribution in [0.25, 0.3) is 0 Å². The third-order valence-electron chi connectivity index (χ3n) is 2.94. The first-order valence-electron chi connectivity index (χ1n) is 5.30. The number of anilines is 1. The highest BCUT2D eigenvalue weighted by atomic mass is 32.1. The lowest BCUT2D eigenvalue weighted by Gasteiger charge is -2.29. The number of nitrogens with zero attached hydrogens (tertiary/aromatic N) is 3. The molecule has 1 aliphatic rings. The van der Waals surface area contributed by atoms with E-state index in [1.807, 2.05) is 0 Å². The molecule has 2 heterocycles. The predicted octanol–water partition coefficient (Wildman–Crippen LogP) is 1.06. The fraction of sp³-hybridized carbons (Fsp3) is 0.778. The summed E-state index contributed by atoms with van der Waals surface area (Å²) >= 11 is 1.31. The third-order valence-corrected chi connectivity index (χ3v) is 3.64. The summed E-state index contributed by atoms with van der Waals surface area (Å²) < 4.78 is 3.90. The van der Waals surface area contributed by atoms with Gasteiger partial charge >= 0.3 is 0 Å². The number of nitrogen functional groups attached to an aromatic ring is 1. The van der Waals surface area contributed by atoms with Crippen LogP contribution in [-0.4, -0.2) is 27.6 Å². The number of piperidine rings is 1. The number of nitrogens with one attached hydrogen (secondary N) is 1. The average Bonchev–Trinajstić information content (AvgIpc) is 2.69. The van der Waals surface area contributed by atoms with Crippen molar-refractivity contribution in [2.24, 2.45) is 11.8 Å². The van der Waals surface area contributed by atoms with Gasteiger partial charge in [0.25, 0.3) is 0 Å². The Bertz CT molecular complexity index is 305. The molecule has 15 heavy (non-hydrogen) atoms. The van der Waals surface area contributed by atoms with Crippen LogP contribution >= 0.6 is 11.5 Å². The number of hydrogen-bond acceptors (Lipinski definition) is 6. The fourth-order valence-electron chi connectivity index (χ4n) is 1.85. The summed E-state index contributed by atoms with van der Waals surface area (Å²) in [6, 6.07) is 0. The monoisotopic (exact) mass is 227 g/mol. The minimum atomic E-state index is 0.863. The van der Waals surface area contributed by atoms with E-state index in [9.17, 15) is 0 Å². The Morgan fingerprint density at radius 2 is 2.27 bits per heavy atom. The standard InChI is InChI=1S/C9H17N5S/c1-7-2-4-14(5-3-7)6-8-9(11-10)15-13-12-8/h7,11H,2-6,10H2,1H3. The van der Waals surface area contributed by atoms with Crippen LogP contribution in [0.5, 0.6) is 0 Å². The lowest BCUT2D eigenvalue weighted by Crippen LogP contribution is -2.32. The maximum atomic E-state index is 5.38. The van der Waals surface area contributed by atoms with Gasteiger partial charge in [0.15, 0.2) is 0 Å². The first-order valence-corrected chi connectivity index (χ1v) is 6.07. The molecule has 0 saturated carbocycles. The van der Waals surface area contributed by atoms with Crippen molar-refractivity contribution in [1.29, 1.82) is 0 Å². The quantitative estimate of drug-likeness (QED) is 0.597. The smallest absolute Gasteiger partial charge is 0.148 e. The van der Waals surface area contributed by atoms with Gasteiger partial charge < -0.3 is 5.43 Å². The van der Waals surface area contributed by atoms with Crippen molar-refractivity contribution < 1.29 is 0 Å². The number of hydrogen-bond donors (Lipinski definition) is 2. The minimum absolute atomic E-state index is 0.863. The molecule has 0 radical (unpaired) electrons. The zero-order valence-corrected chi connectivity index (χ0v) is 9.76. The first-order chi connectivity index (χ1) is 7.29. The molecule has 1 aromatic rings. The van der Waals surface area contributed by atoms with Gasteiger partial charge in [0.1, 0.15) is 10.7 Å². The van der Waals surface area contributed by atoms with Crippen LogP contribution in [0.2, 0.25) is 0 Å². The minimum Gasteiger partial charge on any atom is -0.313 e. The van der Waals surface area contributed by atoms with E-state index in [2.05, 4.69) is 26.8 Å². The summed E-state index contributed by atoms with van der Waals surface area (Å²) in [7, 11) is 0. The Morgan fingerprint density at radius 1 is 1.53 bits per heavy atom. The highest BCUT2D eigenvalue weighted by Gasteiger charge is 2.18. The summed E-state index contributed by atoms with van der Waals surface area (Å²) in [6.07, 6.45) is 2.56. The van der Waals surface area contributed by atoms with E-state index in [4.69, 9.17) is 5.84 Å². The van der Waals surface area contributed by atoms with E-state index in [1.165, 1.54) is 24.4 Å². The predicted molar refractivity (Wildman–Crippen MR) is 61.4 cm³/mol. The molecule has 84 valence electrons. The van der Waals surface area contributed by atoms with Crippen molar-refractivity contribution >= 4 is 16.5 Å². The largest absolute Gasteiger partial charge is 0.313 e. The van der Waals surface area contributed by atoms with Gasteiger partial charge in [-0.1, -0.05) is 11.4 Å². The van der Waals surface area contributed by atoms with Gasteiger partial charge in [-0.25, -0.2) is 5.84 Å². The topological polar surface area (TPSA) is 67.1 Å². The summed E-state index contributed by atoms with van der Waals surface area (Å²) in [5, 5.41) is 4.97. The highest BCUT2D eigenvalue weighted by molar-refractivity contribution is 7.10. The zero-order valence-electron chi connectivity index (χ0n) is 8.94. The molecule has 1 aromatic heterocycles. The maximum Gasteiger partial charge on any atom is 0.148 e. The third kappa shape index (κ3) is 2.64. The molecule has 0 spiro atoms. The van der Waals surface area contributed by atoms with Gasteiger partial charge in [0, 0.05) is 18.1 Å². The number of aromatic nitrogens is 2.